The minimum Gasteiger partial charge on any atom is -0.493 e. The molecule has 1 aromatic heterocycles. The zero-order chi connectivity index (χ0) is 14.5. The molecule has 20 heavy (non-hydrogen) atoms. The van der Waals surface area contributed by atoms with Gasteiger partial charge in [-0.1, -0.05) is 6.07 Å². The Morgan fingerprint density at radius 2 is 1.90 bits per heavy atom. The van der Waals surface area contributed by atoms with E-state index >= 15 is 0 Å². The highest BCUT2D eigenvalue weighted by atomic mass is 16.5. The second-order valence-electron chi connectivity index (χ2n) is 3.96. The third-order valence-electron chi connectivity index (χ3n) is 2.70. The van der Waals surface area contributed by atoms with E-state index in [9.17, 15) is 4.79 Å². The maximum atomic E-state index is 12.0. The fraction of sp³-hybridized carbons (Fsp3) is 0.143. The molecule has 6 heteroatoms. The molecule has 2 rings (SSSR count). The van der Waals surface area contributed by atoms with Gasteiger partial charge in [0.2, 0.25) is 0 Å². The first kappa shape index (κ1) is 13.7. The van der Waals surface area contributed by atoms with Gasteiger partial charge in [-0.05, 0) is 12.1 Å². The second kappa shape index (κ2) is 5.92. The van der Waals surface area contributed by atoms with E-state index in [4.69, 9.17) is 15.2 Å². The molecule has 0 spiro atoms. The highest BCUT2D eigenvalue weighted by molar-refractivity contribution is 6.04. The van der Waals surface area contributed by atoms with E-state index in [0.29, 0.717) is 28.6 Å². The highest BCUT2D eigenvalue weighted by Gasteiger charge is 2.13. The Bertz CT molecular complexity index is 615. The van der Waals surface area contributed by atoms with Crippen LogP contribution in [0.3, 0.4) is 0 Å². The Morgan fingerprint density at radius 1 is 1.20 bits per heavy atom. The van der Waals surface area contributed by atoms with Crippen LogP contribution in [-0.2, 0) is 0 Å². The van der Waals surface area contributed by atoms with Crippen LogP contribution < -0.4 is 20.5 Å². The number of amides is 1. The normalized spacial score (nSPS) is 9.90. The number of pyridine rings is 1. The van der Waals surface area contributed by atoms with Gasteiger partial charge in [-0.15, -0.1) is 0 Å². The van der Waals surface area contributed by atoms with E-state index in [-0.39, 0.29) is 5.91 Å². The largest absolute Gasteiger partial charge is 0.493 e. The van der Waals surface area contributed by atoms with Crippen LogP contribution in [0, 0.1) is 0 Å². The predicted molar refractivity (Wildman–Crippen MR) is 76.1 cm³/mol. The Balaban J connectivity index is 2.28. The number of nitrogen functional groups attached to an aromatic ring is 1. The van der Waals surface area contributed by atoms with E-state index in [1.807, 2.05) is 0 Å². The number of hydrogen-bond acceptors (Lipinski definition) is 5. The van der Waals surface area contributed by atoms with Gasteiger partial charge < -0.3 is 20.5 Å². The summed E-state index contributed by atoms with van der Waals surface area (Å²) in [5.41, 5.74) is 7.01. The van der Waals surface area contributed by atoms with Gasteiger partial charge in [0.1, 0.15) is 5.69 Å². The summed E-state index contributed by atoms with van der Waals surface area (Å²) in [6, 6.07) is 8.29. The lowest BCUT2D eigenvalue weighted by Gasteiger charge is -2.13. The van der Waals surface area contributed by atoms with E-state index in [0.717, 1.165) is 0 Å². The average molecular weight is 273 g/mol. The molecule has 0 atom stereocenters. The lowest BCUT2D eigenvalue weighted by molar-refractivity contribution is 0.102. The van der Waals surface area contributed by atoms with Gasteiger partial charge in [0.05, 0.1) is 25.6 Å². The monoisotopic (exact) mass is 273 g/mol. The van der Waals surface area contributed by atoms with Crippen molar-refractivity contribution in [3.05, 3.63) is 42.2 Å². The Kier molecular flexibility index (Phi) is 4.05. The summed E-state index contributed by atoms with van der Waals surface area (Å²) in [7, 11) is 3.03. The first-order chi connectivity index (χ1) is 9.65. The fourth-order valence-corrected chi connectivity index (χ4v) is 1.69. The maximum Gasteiger partial charge on any atom is 0.274 e. The SMILES string of the molecule is COc1cc(N)c(NC(=O)c2ccccn2)cc1OC. The number of nitrogens with one attached hydrogen (secondary N) is 1. The van der Waals surface area contributed by atoms with Gasteiger partial charge >= 0.3 is 0 Å². The first-order valence-corrected chi connectivity index (χ1v) is 5.89. The third kappa shape index (κ3) is 2.80. The van der Waals surface area contributed by atoms with E-state index < -0.39 is 0 Å². The summed E-state index contributed by atoms with van der Waals surface area (Å²) < 4.78 is 10.3. The summed E-state index contributed by atoms with van der Waals surface area (Å²) in [5.74, 6) is 0.642. The Hall–Kier alpha value is -2.76. The predicted octanol–water partition coefficient (Wildman–Crippen LogP) is 1.93. The molecular formula is C14H15N3O3. The van der Waals surface area contributed by atoms with Crippen LogP contribution >= 0.6 is 0 Å². The van der Waals surface area contributed by atoms with Crippen LogP contribution in [0.15, 0.2) is 36.5 Å². The van der Waals surface area contributed by atoms with Crippen molar-refractivity contribution >= 4 is 17.3 Å². The molecular weight excluding hydrogens is 258 g/mol. The zero-order valence-corrected chi connectivity index (χ0v) is 11.2. The number of nitrogens with zero attached hydrogens (tertiary/aromatic N) is 1. The van der Waals surface area contributed by atoms with Crippen molar-refractivity contribution in [2.75, 3.05) is 25.3 Å². The molecule has 1 aromatic carbocycles. The van der Waals surface area contributed by atoms with Crippen molar-refractivity contribution in [2.45, 2.75) is 0 Å². The summed E-state index contributed by atoms with van der Waals surface area (Å²) in [6.07, 6.45) is 1.55. The van der Waals surface area contributed by atoms with Crippen molar-refractivity contribution in [2.24, 2.45) is 0 Å². The number of hydrogen-bond donors (Lipinski definition) is 2. The molecule has 3 N–H and O–H groups in total. The van der Waals surface area contributed by atoms with Gasteiger partial charge in [0.15, 0.2) is 11.5 Å². The van der Waals surface area contributed by atoms with Gasteiger partial charge in [0, 0.05) is 18.3 Å². The number of nitrogens with two attached hydrogens (primary N) is 1. The van der Waals surface area contributed by atoms with Crippen molar-refractivity contribution in [3.63, 3.8) is 0 Å². The molecule has 0 saturated heterocycles. The molecule has 1 amide bonds. The minimum absolute atomic E-state index is 0.307. The summed E-state index contributed by atoms with van der Waals surface area (Å²) in [4.78, 5) is 16.0. The number of carbonyl (C=O) groups excluding carboxylic acids is 1. The fourth-order valence-electron chi connectivity index (χ4n) is 1.69. The molecule has 0 aliphatic carbocycles. The molecule has 2 aromatic rings. The van der Waals surface area contributed by atoms with Crippen LogP contribution in [0.2, 0.25) is 0 Å². The highest BCUT2D eigenvalue weighted by Crippen LogP contribution is 2.34. The number of carbonyl (C=O) groups is 1. The van der Waals surface area contributed by atoms with Crippen LogP contribution in [0.4, 0.5) is 11.4 Å². The first-order valence-electron chi connectivity index (χ1n) is 5.89. The van der Waals surface area contributed by atoms with Crippen molar-refractivity contribution in [1.82, 2.24) is 4.98 Å². The van der Waals surface area contributed by atoms with E-state index in [2.05, 4.69) is 10.3 Å². The van der Waals surface area contributed by atoms with Crippen LogP contribution in [0.5, 0.6) is 11.5 Å². The molecule has 6 nitrogen and oxygen atoms in total. The molecule has 104 valence electrons. The lowest BCUT2D eigenvalue weighted by atomic mass is 10.2. The quantitative estimate of drug-likeness (QED) is 0.831. The molecule has 0 fully saturated rings. The summed E-state index contributed by atoms with van der Waals surface area (Å²) >= 11 is 0. The number of rotatable bonds is 4. The van der Waals surface area contributed by atoms with E-state index in [1.165, 1.54) is 14.2 Å². The number of methoxy groups -OCH3 is 2. The second-order valence-corrected chi connectivity index (χ2v) is 3.96. The van der Waals surface area contributed by atoms with Crippen molar-refractivity contribution in [3.8, 4) is 11.5 Å². The molecule has 0 radical (unpaired) electrons. The number of ether oxygens (including phenoxy) is 2. The summed E-state index contributed by atoms with van der Waals surface area (Å²) in [6.45, 7) is 0. The number of benzene rings is 1. The van der Waals surface area contributed by atoms with Gasteiger partial charge in [-0.25, -0.2) is 0 Å². The number of anilines is 2. The smallest absolute Gasteiger partial charge is 0.274 e. The maximum absolute atomic E-state index is 12.0. The molecule has 1 heterocycles. The van der Waals surface area contributed by atoms with Crippen molar-refractivity contribution < 1.29 is 14.3 Å². The van der Waals surface area contributed by atoms with Crippen molar-refractivity contribution in [1.29, 1.82) is 0 Å². The Morgan fingerprint density at radius 3 is 2.50 bits per heavy atom. The zero-order valence-electron chi connectivity index (χ0n) is 11.2. The molecule has 0 saturated carbocycles. The van der Waals surface area contributed by atoms with Crippen LogP contribution in [0.25, 0.3) is 0 Å². The van der Waals surface area contributed by atoms with E-state index in [1.54, 1.807) is 36.5 Å². The van der Waals surface area contributed by atoms with Crippen LogP contribution in [0.1, 0.15) is 10.5 Å². The number of aromatic nitrogens is 1. The Labute approximate surface area is 116 Å². The molecule has 0 unspecified atom stereocenters. The van der Waals surface area contributed by atoms with Crippen LogP contribution in [-0.4, -0.2) is 25.1 Å². The van der Waals surface area contributed by atoms with Gasteiger partial charge in [-0.2, -0.15) is 0 Å². The third-order valence-corrected chi connectivity index (χ3v) is 2.70. The lowest BCUT2D eigenvalue weighted by Crippen LogP contribution is -2.14. The average Bonchev–Trinajstić information content (AvgIpc) is 2.49. The standard InChI is InChI=1S/C14H15N3O3/c1-19-12-7-9(15)11(8-13(12)20-2)17-14(18)10-5-3-4-6-16-10/h3-8H,15H2,1-2H3,(H,17,18). The molecule has 0 bridgehead atoms. The summed E-state index contributed by atoms with van der Waals surface area (Å²) in [5, 5.41) is 2.69. The molecule has 0 aliphatic rings. The minimum atomic E-state index is -0.343. The van der Waals surface area contributed by atoms with Gasteiger partial charge in [-0.3, -0.25) is 9.78 Å². The topological polar surface area (TPSA) is 86.5 Å². The molecule has 0 aliphatic heterocycles. The van der Waals surface area contributed by atoms with Gasteiger partial charge in [0.25, 0.3) is 5.91 Å².